The third-order valence-electron chi connectivity index (χ3n) is 4.43. The molecule has 3 aromatic rings. The van der Waals surface area contributed by atoms with Gasteiger partial charge in [-0.2, -0.15) is 5.10 Å². The Balaban J connectivity index is 1.81. The molecule has 0 aliphatic rings. The highest BCUT2D eigenvalue weighted by Crippen LogP contribution is 2.26. The SMILES string of the molecule is CCn1ccc(-c2cc(NC[C@@H](c3ccccc3Cl)N(C)C)nc(C)n2)n1. The van der Waals surface area contributed by atoms with Crippen molar-refractivity contribution in [2.24, 2.45) is 0 Å². The zero-order chi connectivity index (χ0) is 19.4. The largest absolute Gasteiger partial charge is 0.368 e. The van der Waals surface area contributed by atoms with Gasteiger partial charge >= 0.3 is 0 Å². The van der Waals surface area contributed by atoms with E-state index in [1.807, 2.05) is 62.2 Å². The molecule has 0 unspecified atom stereocenters. The molecular weight excluding hydrogens is 360 g/mol. The van der Waals surface area contributed by atoms with Crippen molar-refractivity contribution < 1.29 is 0 Å². The van der Waals surface area contributed by atoms with Gasteiger partial charge in [0.05, 0.1) is 11.7 Å². The number of hydrogen-bond acceptors (Lipinski definition) is 5. The highest BCUT2D eigenvalue weighted by atomic mass is 35.5. The molecule has 27 heavy (non-hydrogen) atoms. The normalized spacial score (nSPS) is 12.4. The van der Waals surface area contributed by atoms with Gasteiger partial charge in [-0.3, -0.25) is 4.68 Å². The number of nitrogens with one attached hydrogen (secondary N) is 1. The fraction of sp³-hybridized carbons (Fsp3) is 0.350. The summed E-state index contributed by atoms with van der Waals surface area (Å²) in [6, 6.07) is 12.0. The molecule has 2 heterocycles. The maximum absolute atomic E-state index is 6.40. The fourth-order valence-electron chi connectivity index (χ4n) is 2.98. The molecule has 0 amide bonds. The van der Waals surface area contributed by atoms with E-state index in [0.717, 1.165) is 34.3 Å². The van der Waals surface area contributed by atoms with Crippen LogP contribution in [-0.2, 0) is 6.54 Å². The molecule has 0 aliphatic heterocycles. The number of benzene rings is 1. The number of nitrogens with zero attached hydrogens (tertiary/aromatic N) is 5. The number of rotatable bonds is 7. The molecular formula is C20H25ClN6. The molecule has 2 aromatic heterocycles. The van der Waals surface area contributed by atoms with Gasteiger partial charge in [0, 0.05) is 30.4 Å². The van der Waals surface area contributed by atoms with E-state index >= 15 is 0 Å². The van der Waals surface area contributed by atoms with Crippen LogP contribution in [0.4, 0.5) is 5.82 Å². The van der Waals surface area contributed by atoms with Crippen LogP contribution in [0.25, 0.3) is 11.4 Å². The van der Waals surface area contributed by atoms with Crippen molar-refractivity contribution in [1.82, 2.24) is 24.6 Å². The van der Waals surface area contributed by atoms with E-state index in [9.17, 15) is 0 Å². The minimum absolute atomic E-state index is 0.122. The van der Waals surface area contributed by atoms with Gasteiger partial charge in [0.2, 0.25) is 0 Å². The van der Waals surface area contributed by atoms with Crippen LogP contribution in [0.2, 0.25) is 5.02 Å². The molecule has 1 N–H and O–H groups in total. The van der Waals surface area contributed by atoms with Crippen LogP contribution in [0.1, 0.15) is 24.4 Å². The number of hydrogen-bond donors (Lipinski definition) is 1. The molecule has 6 nitrogen and oxygen atoms in total. The first-order chi connectivity index (χ1) is 13.0. The van der Waals surface area contributed by atoms with Crippen molar-refractivity contribution in [3.63, 3.8) is 0 Å². The second kappa shape index (κ2) is 8.50. The molecule has 0 fully saturated rings. The molecule has 0 radical (unpaired) electrons. The first-order valence-electron chi connectivity index (χ1n) is 9.02. The molecule has 7 heteroatoms. The third kappa shape index (κ3) is 4.64. The molecule has 0 aliphatic carbocycles. The summed E-state index contributed by atoms with van der Waals surface area (Å²) in [5, 5.41) is 8.74. The fourth-order valence-corrected chi connectivity index (χ4v) is 3.24. The average Bonchev–Trinajstić information content (AvgIpc) is 3.12. The third-order valence-corrected chi connectivity index (χ3v) is 4.77. The summed E-state index contributed by atoms with van der Waals surface area (Å²) >= 11 is 6.40. The zero-order valence-electron chi connectivity index (χ0n) is 16.1. The zero-order valence-corrected chi connectivity index (χ0v) is 16.9. The van der Waals surface area contributed by atoms with Crippen molar-refractivity contribution in [3.05, 3.63) is 59.0 Å². The number of anilines is 1. The summed E-state index contributed by atoms with van der Waals surface area (Å²) in [5.41, 5.74) is 2.75. The van der Waals surface area contributed by atoms with Crippen molar-refractivity contribution >= 4 is 17.4 Å². The first-order valence-corrected chi connectivity index (χ1v) is 9.40. The van der Waals surface area contributed by atoms with E-state index in [4.69, 9.17) is 11.6 Å². The summed E-state index contributed by atoms with van der Waals surface area (Å²) in [6.07, 6.45) is 1.96. The van der Waals surface area contributed by atoms with Gasteiger partial charge in [0.15, 0.2) is 0 Å². The predicted octanol–water partition coefficient (Wildman–Crippen LogP) is 4.04. The first kappa shape index (κ1) is 19.3. The highest BCUT2D eigenvalue weighted by Gasteiger charge is 2.17. The minimum atomic E-state index is 0.122. The van der Waals surface area contributed by atoms with Gasteiger partial charge in [0.1, 0.15) is 17.3 Å². The average molecular weight is 385 g/mol. The van der Waals surface area contributed by atoms with Crippen LogP contribution < -0.4 is 5.32 Å². The molecule has 0 spiro atoms. The summed E-state index contributed by atoms with van der Waals surface area (Å²) in [6.45, 7) is 5.46. The highest BCUT2D eigenvalue weighted by molar-refractivity contribution is 6.31. The van der Waals surface area contributed by atoms with Gasteiger partial charge in [-0.1, -0.05) is 29.8 Å². The Kier molecular flexibility index (Phi) is 6.08. The minimum Gasteiger partial charge on any atom is -0.368 e. The van der Waals surface area contributed by atoms with Gasteiger partial charge in [0.25, 0.3) is 0 Å². The van der Waals surface area contributed by atoms with E-state index in [2.05, 4.69) is 38.3 Å². The molecule has 1 atom stereocenters. The van der Waals surface area contributed by atoms with E-state index in [-0.39, 0.29) is 6.04 Å². The molecule has 0 saturated heterocycles. The van der Waals surface area contributed by atoms with E-state index in [1.54, 1.807) is 0 Å². The second-order valence-corrected chi connectivity index (χ2v) is 7.03. The number of aromatic nitrogens is 4. The standard InChI is InChI=1S/C20H25ClN6/c1-5-27-11-10-17(25-27)18-12-20(24-14(2)23-18)22-13-19(26(3)4)15-8-6-7-9-16(15)21/h6-12,19H,5,13H2,1-4H3,(H,22,23,24)/t19-/m0/s1. The van der Waals surface area contributed by atoms with Crippen molar-refractivity contribution in [1.29, 1.82) is 0 Å². The van der Waals surface area contributed by atoms with Crippen LogP contribution in [0, 0.1) is 6.92 Å². The van der Waals surface area contributed by atoms with Crippen LogP contribution in [0.3, 0.4) is 0 Å². The summed E-state index contributed by atoms with van der Waals surface area (Å²) in [4.78, 5) is 11.2. The quantitative estimate of drug-likeness (QED) is 0.666. The lowest BCUT2D eigenvalue weighted by Gasteiger charge is -2.26. The van der Waals surface area contributed by atoms with Crippen LogP contribution >= 0.6 is 11.6 Å². The number of likely N-dealkylation sites (N-methyl/N-ethyl adjacent to an activating group) is 1. The van der Waals surface area contributed by atoms with E-state index in [0.29, 0.717) is 12.4 Å². The Morgan fingerprint density at radius 2 is 1.93 bits per heavy atom. The second-order valence-electron chi connectivity index (χ2n) is 6.62. The van der Waals surface area contributed by atoms with Gasteiger partial charge in [-0.25, -0.2) is 9.97 Å². The van der Waals surface area contributed by atoms with Crippen molar-refractivity contribution in [3.8, 4) is 11.4 Å². The van der Waals surface area contributed by atoms with Crippen LogP contribution in [-0.4, -0.2) is 45.3 Å². The van der Waals surface area contributed by atoms with Gasteiger partial charge < -0.3 is 10.2 Å². The Hall–Kier alpha value is -2.44. The van der Waals surface area contributed by atoms with Crippen molar-refractivity contribution in [2.45, 2.75) is 26.4 Å². The topological polar surface area (TPSA) is 58.9 Å². The Morgan fingerprint density at radius 1 is 1.15 bits per heavy atom. The Bertz CT molecular complexity index is 905. The summed E-state index contributed by atoms with van der Waals surface area (Å²) in [7, 11) is 4.09. The number of halogens is 1. The number of aryl methyl sites for hydroxylation is 2. The monoisotopic (exact) mass is 384 g/mol. The molecule has 142 valence electrons. The molecule has 0 bridgehead atoms. The lowest BCUT2D eigenvalue weighted by molar-refractivity contribution is 0.312. The maximum atomic E-state index is 6.40. The van der Waals surface area contributed by atoms with Crippen LogP contribution in [0.15, 0.2) is 42.6 Å². The van der Waals surface area contributed by atoms with Gasteiger partial charge in [-0.05, 0) is 45.6 Å². The van der Waals surface area contributed by atoms with Crippen molar-refractivity contribution in [2.75, 3.05) is 26.0 Å². The Morgan fingerprint density at radius 3 is 2.59 bits per heavy atom. The lowest BCUT2D eigenvalue weighted by atomic mass is 10.1. The molecule has 1 aromatic carbocycles. The summed E-state index contributed by atoms with van der Waals surface area (Å²) < 4.78 is 1.89. The Labute approximate surface area is 165 Å². The summed E-state index contributed by atoms with van der Waals surface area (Å²) in [5.74, 6) is 1.49. The van der Waals surface area contributed by atoms with Gasteiger partial charge in [-0.15, -0.1) is 0 Å². The van der Waals surface area contributed by atoms with E-state index < -0.39 is 0 Å². The lowest BCUT2D eigenvalue weighted by Crippen LogP contribution is -2.27. The van der Waals surface area contributed by atoms with E-state index in [1.165, 1.54) is 0 Å². The van der Waals surface area contributed by atoms with Crippen LogP contribution in [0.5, 0.6) is 0 Å². The molecule has 3 rings (SSSR count). The predicted molar refractivity (Wildman–Crippen MR) is 110 cm³/mol. The molecule has 0 saturated carbocycles. The smallest absolute Gasteiger partial charge is 0.130 e. The maximum Gasteiger partial charge on any atom is 0.130 e.